The topological polar surface area (TPSA) is 58.2 Å². The van der Waals surface area contributed by atoms with Crippen molar-refractivity contribution in [1.29, 1.82) is 0 Å². The van der Waals surface area contributed by atoms with Gasteiger partial charge in [-0.2, -0.15) is 0 Å². The summed E-state index contributed by atoms with van der Waals surface area (Å²) in [5.41, 5.74) is 0. The second-order valence-electron chi connectivity index (χ2n) is 2.84. The molecule has 2 amide bonds. The number of carbonyl (C=O) groups is 2. The molecule has 1 heterocycles. The Hall–Kier alpha value is -1.20. The first-order valence-electron chi connectivity index (χ1n) is 3.92. The van der Waals surface area contributed by atoms with Crippen molar-refractivity contribution in [2.45, 2.75) is 12.8 Å². The lowest BCUT2D eigenvalue weighted by Crippen LogP contribution is -2.34. The Labute approximate surface area is 73.7 Å². The molecule has 0 radical (unpaired) electrons. The van der Waals surface area contributed by atoms with Gasteiger partial charge in [0.05, 0.1) is 12.5 Å². The van der Waals surface area contributed by atoms with E-state index in [1.165, 1.54) is 0 Å². The summed E-state index contributed by atoms with van der Waals surface area (Å²) >= 11 is 0. The molecule has 1 saturated heterocycles. The van der Waals surface area contributed by atoms with E-state index >= 15 is 0 Å². The van der Waals surface area contributed by atoms with Crippen LogP contribution < -0.4 is 10.6 Å². The minimum atomic E-state index is -2.55. The van der Waals surface area contributed by atoms with Crippen LogP contribution in [0.25, 0.3) is 0 Å². The summed E-state index contributed by atoms with van der Waals surface area (Å²) in [5, 5.41) is 4.51. The van der Waals surface area contributed by atoms with Crippen LogP contribution in [0.15, 0.2) is 0 Å². The molecule has 0 spiro atoms. The van der Waals surface area contributed by atoms with Gasteiger partial charge in [0.1, 0.15) is 0 Å². The second-order valence-corrected chi connectivity index (χ2v) is 2.84. The molecule has 74 valence electrons. The van der Waals surface area contributed by atoms with Gasteiger partial charge in [-0.3, -0.25) is 9.59 Å². The standard InChI is InChI=1S/C7H10F2N2O2/c8-5(9)3-11-7(13)4-1-6(12)10-2-4/h4-5H,1-3H2,(H,10,12)(H,11,13). The molecule has 1 fully saturated rings. The largest absolute Gasteiger partial charge is 0.355 e. The molecular weight excluding hydrogens is 182 g/mol. The first-order chi connectivity index (χ1) is 6.09. The zero-order valence-electron chi connectivity index (χ0n) is 6.85. The van der Waals surface area contributed by atoms with Crippen molar-refractivity contribution in [1.82, 2.24) is 10.6 Å². The molecule has 0 saturated carbocycles. The highest BCUT2D eigenvalue weighted by molar-refractivity contribution is 5.89. The Balaban J connectivity index is 2.27. The van der Waals surface area contributed by atoms with Gasteiger partial charge < -0.3 is 10.6 Å². The van der Waals surface area contributed by atoms with E-state index in [-0.39, 0.29) is 18.9 Å². The quantitative estimate of drug-likeness (QED) is 0.633. The van der Waals surface area contributed by atoms with Crippen LogP contribution in [0.4, 0.5) is 8.78 Å². The van der Waals surface area contributed by atoms with E-state index in [9.17, 15) is 18.4 Å². The molecule has 0 bridgehead atoms. The van der Waals surface area contributed by atoms with E-state index < -0.39 is 24.8 Å². The summed E-state index contributed by atoms with van der Waals surface area (Å²) in [6.07, 6.45) is -2.45. The molecule has 0 aromatic heterocycles. The number of halogens is 2. The molecule has 1 rings (SSSR count). The predicted octanol–water partition coefficient (Wildman–Crippen LogP) is -0.496. The van der Waals surface area contributed by atoms with Crippen LogP contribution in [0.3, 0.4) is 0 Å². The first kappa shape index (κ1) is 9.88. The SMILES string of the molecule is O=C1CC(C(=O)NCC(F)F)CN1. The maximum Gasteiger partial charge on any atom is 0.255 e. The lowest BCUT2D eigenvalue weighted by Gasteiger charge is -2.07. The molecule has 2 N–H and O–H groups in total. The van der Waals surface area contributed by atoms with Crippen LogP contribution in [-0.4, -0.2) is 31.3 Å². The lowest BCUT2D eigenvalue weighted by molar-refractivity contribution is -0.127. The molecule has 0 aromatic rings. The number of alkyl halides is 2. The molecule has 1 aliphatic rings. The second kappa shape index (κ2) is 4.15. The first-order valence-corrected chi connectivity index (χ1v) is 3.92. The fraction of sp³-hybridized carbons (Fsp3) is 0.714. The summed E-state index contributed by atoms with van der Waals surface area (Å²) in [4.78, 5) is 21.7. The van der Waals surface area contributed by atoms with Gasteiger partial charge in [0, 0.05) is 13.0 Å². The molecule has 6 heteroatoms. The van der Waals surface area contributed by atoms with Crippen LogP contribution >= 0.6 is 0 Å². The Morgan fingerprint density at radius 3 is 2.85 bits per heavy atom. The van der Waals surface area contributed by atoms with Crippen LogP contribution in [0, 0.1) is 5.92 Å². The maximum absolute atomic E-state index is 11.7. The molecule has 0 aromatic carbocycles. The van der Waals surface area contributed by atoms with E-state index in [4.69, 9.17) is 0 Å². The van der Waals surface area contributed by atoms with Gasteiger partial charge in [0.2, 0.25) is 11.8 Å². The van der Waals surface area contributed by atoms with Gasteiger partial charge in [-0.1, -0.05) is 0 Å². The normalized spacial score (nSPS) is 21.8. The summed E-state index contributed by atoms with van der Waals surface area (Å²) in [6, 6.07) is 0. The zero-order chi connectivity index (χ0) is 9.84. The average Bonchev–Trinajstić information content (AvgIpc) is 2.47. The minimum absolute atomic E-state index is 0.0923. The number of hydrogen-bond acceptors (Lipinski definition) is 2. The minimum Gasteiger partial charge on any atom is -0.355 e. The lowest BCUT2D eigenvalue weighted by atomic mass is 10.1. The fourth-order valence-electron chi connectivity index (χ4n) is 1.11. The van der Waals surface area contributed by atoms with Crippen molar-refractivity contribution in [3.63, 3.8) is 0 Å². The summed E-state index contributed by atoms with van der Waals surface area (Å²) in [7, 11) is 0. The number of hydrogen-bond donors (Lipinski definition) is 2. The smallest absolute Gasteiger partial charge is 0.255 e. The molecule has 4 nitrogen and oxygen atoms in total. The van der Waals surface area contributed by atoms with Gasteiger partial charge in [-0.25, -0.2) is 8.78 Å². The monoisotopic (exact) mass is 192 g/mol. The zero-order valence-corrected chi connectivity index (χ0v) is 6.85. The Morgan fingerprint density at radius 2 is 2.38 bits per heavy atom. The average molecular weight is 192 g/mol. The van der Waals surface area contributed by atoms with Crippen molar-refractivity contribution < 1.29 is 18.4 Å². The maximum atomic E-state index is 11.7. The molecular formula is C7H10F2N2O2. The molecule has 0 aliphatic carbocycles. The van der Waals surface area contributed by atoms with E-state index in [0.29, 0.717) is 0 Å². The Kier molecular flexibility index (Phi) is 3.16. The van der Waals surface area contributed by atoms with E-state index in [1.807, 2.05) is 0 Å². The molecule has 1 atom stereocenters. The highest BCUT2D eigenvalue weighted by atomic mass is 19.3. The van der Waals surface area contributed by atoms with Gasteiger partial charge in [-0.05, 0) is 0 Å². The Bertz CT molecular complexity index is 221. The third-order valence-corrected chi connectivity index (χ3v) is 1.78. The number of carbonyl (C=O) groups excluding carboxylic acids is 2. The highest BCUT2D eigenvalue weighted by Gasteiger charge is 2.27. The highest BCUT2D eigenvalue weighted by Crippen LogP contribution is 2.08. The van der Waals surface area contributed by atoms with Crippen LogP contribution in [0.1, 0.15) is 6.42 Å². The number of nitrogens with one attached hydrogen (secondary N) is 2. The summed E-state index contributed by atoms with van der Waals surface area (Å²) < 4.78 is 23.3. The Morgan fingerprint density at radius 1 is 1.69 bits per heavy atom. The van der Waals surface area contributed by atoms with E-state index in [1.54, 1.807) is 0 Å². The molecule has 13 heavy (non-hydrogen) atoms. The van der Waals surface area contributed by atoms with Gasteiger partial charge in [-0.15, -0.1) is 0 Å². The molecule has 1 unspecified atom stereocenters. The van der Waals surface area contributed by atoms with Gasteiger partial charge >= 0.3 is 0 Å². The van der Waals surface area contributed by atoms with Crippen molar-refractivity contribution in [3.05, 3.63) is 0 Å². The molecule has 1 aliphatic heterocycles. The predicted molar refractivity (Wildman–Crippen MR) is 40.1 cm³/mol. The summed E-state index contributed by atoms with van der Waals surface area (Å²) in [5.74, 6) is -1.19. The van der Waals surface area contributed by atoms with Gasteiger partial charge in [0.25, 0.3) is 6.43 Å². The number of rotatable bonds is 3. The van der Waals surface area contributed by atoms with E-state index in [2.05, 4.69) is 10.6 Å². The van der Waals surface area contributed by atoms with Crippen molar-refractivity contribution >= 4 is 11.8 Å². The van der Waals surface area contributed by atoms with Crippen LogP contribution in [0.2, 0.25) is 0 Å². The van der Waals surface area contributed by atoms with Crippen molar-refractivity contribution in [2.24, 2.45) is 5.92 Å². The van der Waals surface area contributed by atoms with Crippen LogP contribution in [0.5, 0.6) is 0 Å². The van der Waals surface area contributed by atoms with Crippen LogP contribution in [-0.2, 0) is 9.59 Å². The van der Waals surface area contributed by atoms with Gasteiger partial charge in [0.15, 0.2) is 0 Å². The van der Waals surface area contributed by atoms with Crippen molar-refractivity contribution in [2.75, 3.05) is 13.1 Å². The number of amides is 2. The van der Waals surface area contributed by atoms with Crippen molar-refractivity contribution in [3.8, 4) is 0 Å². The fourth-order valence-corrected chi connectivity index (χ4v) is 1.11. The summed E-state index contributed by atoms with van der Waals surface area (Å²) in [6.45, 7) is -0.405. The van der Waals surface area contributed by atoms with E-state index in [0.717, 1.165) is 0 Å². The third kappa shape index (κ3) is 2.96. The third-order valence-electron chi connectivity index (χ3n) is 1.78.